The van der Waals surface area contributed by atoms with Crippen molar-refractivity contribution in [3.05, 3.63) is 82.0 Å². The lowest BCUT2D eigenvalue weighted by Crippen LogP contribution is -2.31. The summed E-state index contributed by atoms with van der Waals surface area (Å²) in [7, 11) is 1.62. The standard InChI is InChI=1S/C22H24N2O2S/c1-3-16-6-8-17(9-7-16)22(20-5-4-14-27-20)23-15-21(25)24-18-10-12-19(26-2)13-11-18/h4-14,22-23H,3,15H2,1-2H3,(H,24,25). The van der Waals surface area contributed by atoms with Crippen molar-refractivity contribution in [3.63, 3.8) is 0 Å². The predicted molar refractivity (Wildman–Crippen MR) is 112 cm³/mol. The number of rotatable bonds is 8. The molecule has 1 heterocycles. The summed E-state index contributed by atoms with van der Waals surface area (Å²) in [5, 5.41) is 8.36. The fraction of sp³-hybridized carbons (Fsp3) is 0.227. The summed E-state index contributed by atoms with van der Waals surface area (Å²) in [6.45, 7) is 2.37. The van der Waals surface area contributed by atoms with Gasteiger partial charge in [-0.2, -0.15) is 0 Å². The van der Waals surface area contributed by atoms with Crippen molar-refractivity contribution in [2.75, 3.05) is 19.0 Å². The van der Waals surface area contributed by atoms with Gasteiger partial charge in [-0.05, 0) is 53.3 Å². The molecule has 1 unspecified atom stereocenters. The number of amides is 1. The van der Waals surface area contributed by atoms with Gasteiger partial charge in [-0.3, -0.25) is 10.1 Å². The average Bonchev–Trinajstić information content (AvgIpc) is 3.24. The van der Waals surface area contributed by atoms with Crippen molar-refractivity contribution < 1.29 is 9.53 Å². The van der Waals surface area contributed by atoms with Crippen molar-refractivity contribution in [1.29, 1.82) is 0 Å². The number of carbonyl (C=O) groups excluding carboxylic acids is 1. The lowest BCUT2D eigenvalue weighted by atomic mass is 10.0. The summed E-state index contributed by atoms with van der Waals surface area (Å²) in [6.07, 6.45) is 1.02. The molecule has 1 amide bonds. The minimum Gasteiger partial charge on any atom is -0.497 e. The zero-order valence-corrected chi connectivity index (χ0v) is 16.4. The molecule has 0 fully saturated rings. The molecule has 27 heavy (non-hydrogen) atoms. The van der Waals surface area contributed by atoms with Gasteiger partial charge in [0.05, 0.1) is 19.7 Å². The molecular weight excluding hydrogens is 356 g/mol. The maximum Gasteiger partial charge on any atom is 0.238 e. The fourth-order valence-electron chi connectivity index (χ4n) is 2.86. The van der Waals surface area contributed by atoms with Crippen LogP contribution in [-0.2, 0) is 11.2 Å². The topological polar surface area (TPSA) is 50.4 Å². The van der Waals surface area contributed by atoms with E-state index < -0.39 is 0 Å². The van der Waals surface area contributed by atoms with Crippen LogP contribution in [0.25, 0.3) is 0 Å². The normalized spacial score (nSPS) is 11.8. The van der Waals surface area contributed by atoms with Crippen molar-refractivity contribution in [2.45, 2.75) is 19.4 Å². The molecule has 5 heteroatoms. The molecule has 4 nitrogen and oxygen atoms in total. The summed E-state index contributed by atoms with van der Waals surface area (Å²) in [5.74, 6) is 0.686. The van der Waals surface area contributed by atoms with Gasteiger partial charge in [-0.25, -0.2) is 0 Å². The van der Waals surface area contributed by atoms with Crippen LogP contribution in [0.3, 0.4) is 0 Å². The van der Waals surface area contributed by atoms with Crippen molar-refractivity contribution in [1.82, 2.24) is 5.32 Å². The van der Waals surface area contributed by atoms with Gasteiger partial charge >= 0.3 is 0 Å². The van der Waals surface area contributed by atoms with E-state index >= 15 is 0 Å². The van der Waals surface area contributed by atoms with E-state index in [1.165, 1.54) is 10.4 Å². The molecule has 1 atom stereocenters. The van der Waals surface area contributed by atoms with E-state index in [2.05, 4.69) is 53.3 Å². The number of hydrogen-bond donors (Lipinski definition) is 2. The Bertz CT molecular complexity index is 843. The van der Waals surface area contributed by atoms with Gasteiger partial charge in [0.1, 0.15) is 5.75 Å². The first kappa shape index (κ1) is 19.1. The molecular formula is C22H24N2O2S. The van der Waals surface area contributed by atoms with Gasteiger partial charge < -0.3 is 10.1 Å². The highest BCUT2D eigenvalue weighted by Gasteiger charge is 2.16. The maximum absolute atomic E-state index is 12.4. The van der Waals surface area contributed by atoms with E-state index in [1.807, 2.05) is 30.3 Å². The van der Waals surface area contributed by atoms with Crippen LogP contribution < -0.4 is 15.4 Å². The number of thiophene rings is 1. The van der Waals surface area contributed by atoms with Gasteiger partial charge in [-0.1, -0.05) is 37.3 Å². The minimum absolute atomic E-state index is 0.00229. The molecule has 0 spiro atoms. The van der Waals surface area contributed by atoms with E-state index in [-0.39, 0.29) is 18.5 Å². The second kappa shape index (κ2) is 9.35. The molecule has 3 rings (SSSR count). The molecule has 0 aliphatic rings. The Labute approximate surface area is 164 Å². The number of hydrogen-bond acceptors (Lipinski definition) is 4. The third-order valence-electron chi connectivity index (χ3n) is 4.39. The van der Waals surface area contributed by atoms with E-state index in [0.29, 0.717) is 0 Å². The number of aryl methyl sites for hydroxylation is 1. The highest BCUT2D eigenvalue weighted by Crippen LogP contribution is 2.26. The molecule has 0 saturated heterocycles. The molecule has 2 aromatic carbocycles. The molecule has 1 aromatic heterocycles. The molecule has 2 N–H and O–H groups in total. The summed E-state index contributed by atoms with van der Waals surface area (Å²) in [4.78, 5) is 13.6. The Morgan fingerprint density at radius 1 is 1.07 bits per heavy atom. The molecule has 0 radical (unpaired) electrons. The monoisotopic (exact) mass is 380 g/mol. The Balaban J connectivity index is 1.66. The number of carbonyl (C=O) groups is 1. The second-order valence-electron chi connectivity index (χ2n) is 6.20. The quantitative estimate of drug-likeness (QED) is 0.599. The Hall–Kier alpha value is -2.63. The van der Waals surface area contributed by atoms with Crippen LogP contribution in [0, 0.1) is 0 Å². The van der Waals surface area contributed by atoms with Crippen molar-refractivity contribution in [3.8, 4) is 5.75 Å². The minimum atomic E-state index is -0.0769. The number of nitrogens with one attached hydrogen (secondary N) is 2. The Morgan fingerprint density at radius 2 is 1.81 bits per heavy atom. The van der Waals surface area contributed by atoms with Crippen LogP contribution in [0.15, 0.2) is 66.0 Å². The summed E-state index contributed by atoms with van der Waals surface area (Å²) in [6, 6.07) is 20.0. The zero-order valence-electron chi connectivity index (χ0n) is 15.6. The van der Waals surface area contributed by atoms with Crippen LogP contribution in [-0.4, -0.2) is 19.6 Å². The van der Waals surface area contributed by atoms with E-state index in [4.69, 9.17) is 4.74 Å². The van der Waals surface area contributed by atoms with Crippen LogP contribution >= 0.6 is 11.3 Å². The van der Waals surface area contributed by atoms with E-state index in [1.54, 1.807) is 18.4 Å². The first-order valence-corrected chi connectivity index (χ1v) is 9.87. The third-order valence-corrected chi connectivity index (χ3v) is 5.33. The smallest absolute Gasteiger partial charge is 0.238 e. The maximum atomic E-state index is 12.4. The number of anilines is 1. The summed E-state index contributed by atoms with van der Waals surface area (Å²) in [5.41, 5.74) is 3.22. The van der Waals surface area contributed by atoms with Gasteiger partial charge in [0, 0.05) is 10.6 Å². The second-order valence-corrected chi connectivity index (χ2v) is 7.18. The van der Waals surface area contributed by atoms with Crippen LogP contribution in [0.4, 0.5) is 5.69 Å². The van der Waals surface area contributed by atoms with Gasteiger partial charge in [-0.15, -0.1) is 11.3 Å². The highest BCUT2D eigenvalue weighted by molar-refractivity contribution is 7.10. The first-order valence-electron chi connectivity index (χ1n) is 8.99. The van der Waals surface area contributed by atoms with Gasteiger partial charge in [0.2, 0.25) is 5.91 Å². The van der Waals surface area contributed by atoms with Gasteiger partial charge in [0.25, 0.3) is 0 Å². The number of methoxy groups -OCH3 is 1. The SMILES string of the molecule is CCc1ccc(C(NCC(=O)Nc2ccc(OC)cc2)c2cccs2)cc1. The van der Waals surface area contributed by atoms with E-state index in [0.717, 1.165) is 23.4 Å². The van der Waals surface area contributed by atoms with Crippen molar-refractivity contribution >= 4 is 22.9 Å². The fourth-order valence-corrected chi connectivity index (χ4v) is 3.69. The zero-order chi connectivity index (χ0) is 19.1. The Kier molecular flexibility index (Phi) is 6.63. The number of benzene rings is 2. The predicted octanol–water partition coefficient (Wildman–Crippen LogP) is 4.64. The number of ether oxygens (including phenoxy) is 1. The largest absolute Gasteiger partial charge is 0.497 e. The van der Waals surface area contributed by atoms with Gasteiger partial charge in [0.15, 0.2) is 0 Å². The lowest BCUT2D eigenvalue weighted by molar-refractivity contribution is -0.115. The molecule has 140 valence electrons. The third kappa shape index (κ3) is 5.18. The molecule has 0 bridgehead atoms. The Morgan fingerprint density at radius 3 is 2.41 bits per heavy atom. The van der Waals surface area contributed by atoms with Crippen LogP contribution in [0.2, 0.25) is 0 Å². The summed E-state index contributed by atoms with van der Waals surface area (Å²) < 4.78 is 5.14. The lowest BCUT2D eigenvalue weighted by Gasteiger charge is -2.18. The first-order chi connectivity index (χ1) is 13.2. The van der Waals surface area contributed by atoms with Crippen LogP contribution in [0.5, 0.6) is 5.75 Å². The molecule has 0 saturated carbocycles. The molecule has 0 aliphatic heterocycles. The highest BCUT2D eigenvalue weighted by atomic mass is 32.1. The van der Waals surface area contributed by atoms with Crippen molar-refractivity contribution in [2.24, 2.45) is 0 Å². The summed E-state index contributed by atoms with van der Waals surface area (Å²) >= 11 is 1.69. The molecule has 0 aliphatic carbocycles. The van der Waals surface area contributed by atoms with E-state index in [9.17, 15) is 4.79 Å². The average molecular weight is 381 g/mol. The van der Waals surface area contributed by atoms with Crippen LogP contribution in [0.1, 0.15) is 29.0 Å². The molecule has 3 aromatic rings.